The molecule has 1 saturated heterocycles. The van der Waals surface area contributed by atoms with Crippen LogP contribution >= 0.6 is 0 Å². The van der Waals surface area contributed by atoms with Crippen molar-refractivity contribution in [2.24, 2.45) is 0 Å². The number of nitrogens with zero attached hydrogens (tertiary/aromatic N) is 5. The lowest BCUT2D eigenvalue weighted by Gasteiger charge is -2.36. The van der Waals surface area contributed by atoms with E-state index in [1.165, 1.54) is 22.1 Å². The molecule has 0 spiro atoms. The topological polar surface area (TPSA) is 109 Å². The lowest BCUT2D eigenvalue weighted by atomic mass is 9.93. The molecule has 0 radical (unpaired) electrons. The van der Waals surface area contributed by atoms with Gasteiger partial charge in [0.25, 0.3) is 5.91 Å². The number of alkyl halides is 3. The van der Waals surface area contributed by atoms with Gasteiger partial charge in [-0.25, -0.2) is 9.37 Å². The molecule has 15 heteroatoms. The van der Waals surface area contributed by atoms with Crippen LogP contribution in [0.2, 0.25) is 0 Å². The monoisotopic (exact) mass is 706 g/mol. The minimum absolute atomic E-state index is 0. The SMILES string of the molecule is COc1ccccc1-c1cc(C2=CCCN(C(=O)CCN3C=CNN3)C2)c(F)c2[nH]c(C(=O)N3CCN(c4ncccc4C(F)(F)F)CC3)cc12.[HH]. The first kappa shape index (κ1) is 33.9. The molecule has 11 nitrogen and oxygen atoms in total. The van der Waals surface area contributed by atoms with E-state index in [1.807, 2.05) is 24.3 Å². The number of aromatic amines is 1. The highest BCUT2D eigenvalue weighted by Gasteiger charge is 2.37. The highest BCUT2D eigenvalue weighted by atomic mass is 19.4. The van der Waals surface area contributed by atoms with Crippen molar-refractivity contribution in [3.63, 3.8) is 0 Å². The summed E-state index contributed by atoms with van der Waals surface area (Å²) >= 11 is 0. The molecule has 268 valence electrons. The molecule has 0 unspecified atom stereocenters. The summed E-state index contributed by atoms with van der Waals surface area (Å²) in [5.74, 6) is -0.627. The maximum Gasteiger partial charge on any atom is 0.419 e. The second-order valence-electron chi connectivity index (χ2n) is 12.5. The van der Waals surface area contributed by atoms with Crippen molar-refractivity contribution < 1.29 is 33.3 Å². The highest BCUT2D eigenvalue weighted by Crippen LogP contribution is 2.40. The Morgan fingerprint density at radius 2 is 1.78 bits per heavy atom. The largest absolute Gasteiger partial charge is 0.496 e. The number of pyridine rings is 1. The van der Waals surface area contributed by atoms with Crippen LogP contribution in [-0.2, 0) is 11.0 Å². The number of carbonyl (C=O) groups excluding carboxylic acids is 2. The maximum absolute atomic E-state index is 16.6. The van der Waals surface area contributed by atoms with E-state index in [4.69, 9.17) is 4.74 Å². The van der Waals surface area contributed by atoms with Gasteiger partial charge in [0.1, 0.15) is 17.3 Å². The van der Waals surface area contributed by atoms with Crippen LogP contribution in [0.5, 0.6) is 5.75 Å². The summed E-state index contributed by atoms with van der Waals surface area (Å²) in [4.78, 5) is 38.8. The van der Waals surface area contributed by atoms with Gasteiger partial charge in [0.2, 0.25) is 5.91 Å². The third-order valence-corrected chi connectivity index (χ3v) is 9.40. The number of anilines is 1. The van der Waals surface area contributed by atoms with Crippen LogP contribution in [0.4, 0.5) is 23.4 Å². The van der Waals surface area contributed by atoms with Crippen LogP contribution in [-0.4, -0.2) is 89.5 Å². The van der Waals surface area contributed by atoms with E-state index in [1.54, 1.807) is 47.6 Å². The molecule has 5 heterocycles. The molecule has 4 aromatic rings. The van der Waals surface area contributed by atoms with Crippen molar-refractivity contribution >= 4 is 34.1 Å². The number of hydrazine groups is 2. The summed E-state index contributed by atoms with van der Waals surface area (Å²) in [6.45, 7) is 1.77. The zero-order valence-electron chi connectivity index (χ0n) is 27.8. The zero-order valence-corrected chi connectivity index (χ0v) is 27.8. The number of halogens is 4. The molecule has 2 aromatic heterocycles. The number of H-pyrrole nitrogens is 1. The van der Waals surface area contributed by atoms with E-state index >= 15 is 4.39 Å². The molecule has 3 aliphatic rings. The van der Waals surface area contributed by atoms with E-state index in [0.717, 1.165) is 6.07 Å². The average molecular weight is 707 g/mol. The number of para-hydroxylation sites is 1. The summed E-state index contributed by atoms with van der Waals surface area (Å²) in [5, 5.41) is 2.23. The van der Waals surface area contributed by atoms with Crippen molar-refractivity contribution in [3.05, 3.63) is 95.8 Å². The molecule has 1 fully saturated rings. The summed E-state index contributed by atoms with van der Waals surface area (Å²) in [6.07, 6.45) is 3.03. The number of ether oxygens (including phenoxy) is 1. The molecule has 3 aliphatic heterocycles. The number of piperazine rings is 1. The Hall–Kier alpha value is -5.57. The van der Waals surface area contributed by atoms with E-state index in [2.05, 4.69) is 20.9 Å². The predicted octanol–water partition coefficient (Wildman–Crippen LogP) is 5.41. The number of amides is 2. The first-order valence-electron chi connectivity index (χ1n) is 16.6. The number of benzene rings is 2. The Bertz CT molecular complexity index is 2030. The Balaban J connectivity index is 0.00000464. The lowest BCUT2D eigenvalue weighted by Crippen LogP contribution is -2.49. The molecule has 0 saturated carbocycles. The molecule has 0 aliphatic carbocycles. The summed E-state index contributed by atoms with van der Waals surface area (Å²) < 4.78 is 63.3. The molecule has 2 amide bonds. The maximum atomic E-state index is 16.6. The van der Waals surface area contributed by atoms with Crippen molar-refractivity contribution in [2.75, 3.05) is 57.8 Å². The first-order valence-corrected chi connectivity index (χ1v) is 16.6. The van der Waals surface area contributed by atoms with Gasteiger partial charge in [-0.05, 0) is 47.9 Å². The van der Waals surface area contributed by atoms with Crippen LogP contribution in [0.15, 0.2) is 73.2 Å². The van der Waals surface area contributed by atoms with E-state index in [9.17, 15) is 22.8 Å². The number of aromatic nitrogens is 2. The highest BCUT2D eigenvalue weighted by molar-refractivity contribution is 6.05. The van der Waals surface area contributed by atoms with Gasteiger partial charge in [0.05, 0.1) is 18.2 Å². The summed E-state index contributed by atoms with van der Waals surface area (Å²) in [5.41, 5.74) is 7.48. The number of nitrogens with one attached hydrogen (secondary N) is 3. The zero-order chi connectivity index (χ0) is 35.7. The fourth-order valence-electron chi connectivity index (χ4n) is 6.80. The minimum Gasteiger partial charge on any atom is -0.496 e. The number of hydrogen-bond acceptors (Lipinski definition) is 8. The second kappa shape index (κ2) is 14.0. The van der Waals surface area contributed by atoms with Crippen molar-refractivity contribution in [3.8, 4) is 16.9 Å². The van der Waals surface area contributed by atoms with E-state index in [0.29, 0.717) is 52.9 Å². The molecule has 0 bridgehead atoms. The van der Waals surface area contributed by atoms with Gasteiger partial charge in [-0.3, -0.25) is 14.6 Å². The third kappa shape index (κ3) is 6.80. The molecule has 2 aromatic carbocycles. The van der Waals surface area contributed by atoms with E-state index < -0.39 is 23.5 Å². The normalized spacial score (nSPS) is 16.5. The fraction of sp³-hybridized carbons (Fsp3) is 0.306. The third-order valence-electron chi connectivity index (χ3n) is 9.40. The number of rotatable bonds is 8. The predicted molar refractivity (Wildman–Crippen MR) is 186 cm³/mol. The Morgan fingerprint density at radius 3 is 2.53 bits per heavy atom. The number of carbonyl (C=O) groups is 2. The van der Waals surface area contributed by atoms with Crippen LogP contribution in [0.3, 0.4) is 0 Å². The molecular formula is C36H38F4N8O3. The Labute approximate surface area is 292 Å². The number of fused-ring (bicyclic) bond motifs is 1. The van der Waals surface area contributed by atoms with Gasteiger partial charge >= 0.3 is 6.18 Å². The van der Waals surface area contributed by atoms with Crippen LogP contribution in [0, 0.1) is 5.82 Å². The van der Waals surface area contributed by atoms with Gasteiger partial charge in [-0.1, -0.05) is 24.3 Å². The second-order valence-corrected chi connectivity index (χ2v) is 12.5. The molecule has 7 rings (SSSR count). The van der Waals surface area contributed by atoms with Gasteiger partial charge < -0.3 is 29.8 Å². The molecular weight excluding hydrogens is 668 g/mol. The Morgan fingerprint density at radius 1 is 0.980 bits per heavy atom. The van der Waals surface area contributed by atoms with Crippen LogP contribution in [0.25, 0.3) is 27.6 Å². The number of hydrogen-bond donors (Lipinski definition) is 3. The van der Waals surface area contributed by atoms with Crippen LogP contribution in [0.1, 0.15) is 35.9 Å². The van der Waals surface area contributed by atoms with Gasteiger partial charge in [0, 0.05) is 88.8 Å². The molecule has 3 N–H and O–H groups in total. The number of methoxy groups -OCH3 is 1. The van der Waals surface area contributed by atoms with Gasteiger partial charge in [0.15, 0.2) is 5.82 Å². The molecule has 51 heavy (non-hydrogen) atoms. The lowest BCUT2D eigenvalue weighted by molar-refractivity contribution is -0.137. The first-order chi connectivity index (χ1) is 24.6. The van der Waals surface area contributed by atoms with Gasteiger partial charge in [-0.2, -0.15) is 13.2 Å². The van der Waals surface area contributed by atoms with Crippen LogP contribution < -0.4 is 20.6 Å². The van der Waals surface area contributed by atoms with Crippen molar-refractivity contribution in [2.45, 2.75) is 19.0 Å². The van der Waals surface area contributed by atoms with Crippen molar-refractivity contribution in [1.82, 2.24) is 35.7 Å². The fourth-order valence-corrected chi connectivity index (χ4v) is 6.80. The molecule has 0 atom stereocenters. The van der Waals surface area contributed by atoms with E-state index in [-0.39, 0.29) is 63.5 Å². The minimum atomic E-state index is -4.56. The standard InChI is InChI=1S/C36H36F4N8O3.H2/c1-51-30-9-3-2-7-24(30)26-20-25(23-6-5-13-47(22-23)31(49)10-14-48-15-12-42-44-48)32(37)33-27(26)21-29(43-33)35(50)46-18-16-45(17-19-46)34-28(36(38,39)40)8-4-11-41-34;/h2-4,6-9,11-12,15,20-21,42-44H,5,10,13-14,16-19,22H2,1H3;1H. The average Bonchev–Trinajstić information content (AvgIpc) is 3.85. The quantitative estimate of drug-likeness (QED) is 0.209. The smallest absolute Gasteiger partial charge is 0.419 e. The summed E-state index contributed by atoms with van der Waals surface area (Å²) in [7, 11) is 1.55. The Kier molecular flexibility index (Phi) is 9.29. The van der Waals surface area contributed by atoms with Crippen molar-refractivity contribution in [1.29, 1.82) is 0 Å². The summed E-state index contributed by atoms with van der Waals surface area (Å²) in [6, 6.07) is 12.9. The van der Waals surface area contributed by atoms with Gasteiger partial charge in [-0.15, -0.1) is 5.53 Å².